The number of hydrogen-bond donors (Lipinski definition) is 0. The molecule has 0 unspecified atom stereocenters. The minimum atomic E-state index is -3.87. The van der Waals surface area contributed by atoms with E-state index in [9.17, 15) is 17.6 Å². The number of ether oxygens (including phenoxy) is 1. The van der Waals surface area contributed by atoms with Crippen LogP contribution < -0.4 is 10.3 Å². The number of methoxy groups -OCH3 is 1. The third-order valence-corrected chi connectivity index (χ3v) is 7.45. The molecule has 158 valence electrons. The summed E-state index contributed by atoms with van der Waals surface area (Å²) in [7, 11) is -2.31. The minimum Gasteiger partial charge on any atom is -0.497 e. The summed E-state index contributed by atoms with van der Waals surface area (Å²) in [5.74, 6) is 0.0212. The molecule has 3 aromatic rings. The number of rotatable bonds is 5. The van der Waals surface area contributed by atoms with Crippen molar-refractivity contribution in [2.45, 2.75) is 24.3 Å². The maximum absolute atomic E-state index is 14.0. The van der Waals surface area contributed by atoms with Crippen LogP contribution in [0.2, 0.25) is 0 Å². The van der Waals surface area contributed by atoms with Crippen molar-refractivity contribution in [1.82, 2.24) is 13.9 Å². The van der Waals surface area contributed by atoms with E-state index in [-0.39, 0.29) is 29.5 Å². The van der Waals surface area contributed by atoms with Gasteiger partial charge in [0, 0.05) is 25.7 Å². The number of hydrogen-bond acceptors (Lipinski definition) is 5. The lowest BCUT2D eigenvalue weighted by molar-refractivity contribution is 0.250. The predicted molar refractivity (Wildman–Crippen MR) is 110 cm³/mol. The van der Waals surface area contributed by atoms with Crippen molar-refractivity contribution in [3.8, 4) is 5.75 Å². The molecule has 2 aromatic carbocycles. The second-order valence-electron chi connectivity index (χ2n) is 7.36. The Labute approximate surface area is 173 Å². The molecule has 2 heterocycles. The predicted octanol–water partition coefficient (Wildman–Crippen LogP) is 2.65. The summed E-state index contributed by atoms with van der Waals surface area (Å²) in [5.41, 5.74) is 0.436. The average Bonchev–Trinajstić information content (AvgIpc) is 2.76. The van der Waals surface area contributed by atoms with Gasteiger partial charge in [-0.25, -0.2) is 17.8 Å². The van der Waals surface area contributed by atoms with E-state index < -0.39 is 15.8 Å². The molecule has 7 nitrogen and oxygen atoms in total. The van der Waals surface area contributed by atoms with Crippen molar-refractivity contribution in [1.29, 1.82) is 0 Å². The molecule has 4 rings (SSSR count). The fourth-order valence-corrected chi connectivity index (χ4v) is 5.33. The standard InChI is InChI=1S/C21H22FN3O4S/c1-29-16-6-7-17-19(12-16)23-14-24(21(17)26)13-15-8-10-25(11-9-15)30(27,28)20-5-3-2-4-18(20)22/h2-7,12,14-15H,8-11,13H2,1H3. The molecule has 9 heteroatoms. The van der Waals surface area contributed by atoms with Gasteiger partial charge in [0.05, 0.1) is 24.3 Å². The molecule has 0 atom stereocenters. The summed E-state index contributed by atoms with van der Waals surface area (Å²) < 4.78 is 47.5. The van der Waals surface area contributed by atoms with Crippen LogP contribution in [0.5, 0.6) is 5.75 Å². The first-order valence-corrected chi connectivity index (χ1v) is 11.1. The van der Waals surface area contributed by atoms with Crippen LogP contribution in [0.4, 0.5) is 4.39 Å². The molecule has 0 saturated carbocycles. The molecule has 0 spiro atoms. The number of nitrogens with zero attached hydrogens (tertiary/aromatic N) is 3. The molecule has 0 N–H and O–H groups in total. The van der Waals surface area contributed by atoms with Crippen molar-refractivity contribution in [3.63, 3.8) is 0 Å². The smallest absolute Gasteiger partial charge is 0.261 e. The fraction of sp³-hybridized carbons (Fsp3) is 0.333. The van der Waals surface area contributed by atoms with Crippen molar-refractivity contribution >= 4 is 20.9 Å². The van der Waals surface area contributed by atoms with Crippen LogP contribution in [0.25, 0.3) is 10.9 Å². The van der Waals surface area contributed by atoms with E-state index in [1.807, 2.05) is 0 Å². The van der Waals surface area contributed by atoms with E-state index in [4.69, 9.17) is 4.74 Å². The third kappa shape index (κ3) is 3.82. The van der Waals surface area contributed by atoms with Crippen LogP contribution in [-0.4, -0.2) is 42.5 Å². The maximum Gasteiger partial charge on any atom is 0.261 e. The first-order chi connectivity index (χ1) is 14.4. The van der Waals surface area contributed by atoms with E-state index in [2.05, 4.69) is 4.98 Å². The Balaban J connectivity index is 1.47. The van der Waals surface area contributed by atoms with Gasteiger partial charge in [0.2, 0.25) is 10.0 Å². The Kier molecular flexibility index (Phi) is 5.57. The van der Waals surface area contributed by atoms with Gasteiger partial charge in [-0.1, -0.05) is 12.1 Å². The Morgan fingerprint density at radius 1 is 1.17 bits per heavy atom. The first kappa shape index (κ1) is 20.5. The van der Waals surface area contributed by atoms with Crippen LogP contribution >= 0.6 is 0 Å². The summed E-state index contributed by atoms with van der Waals surface area (Å²) in [6, 6.07) is 10.5. The van der Waals surface area contributed by atoms with Crippen LogP contribution in [0.15, 0.2) is 58.5 Å². The van der Waals surface area contributed by atoms with Gasteiger partial charge in [0.1, 0.15) is 16.5 Å². The Bertz CT molecular complexity index is 1230. The van der Waals surface area contributed by atoms with Gasteiger partial charge in [-0.15, -0.1) is 0 Å². The first-order valence-electron chi connectivity index (χ1n) is 9.68. The van der Waals surface area contributed by atoms with Crippen molar-refractivity contribution < 1.29 is 17.5 Å². The molecule has 1 aliphatic heterocycles. The van der Waals surface area contributed by atoms with E-state index in [1.165, 1.54) is 28.8 Å². The van der Waals surface area contributed by atoms with Crippen LogP contribution in [0, 0.1) is 11.7 Å². The number of benzene rings is 2. The highest BCUT2D eigenvalue weighted by atomic mass is 32.2. The monoisotopic (exact) mass is 431 g/mol. The topological polar surface area (TPSA) is 81.5 Å². The SMILES string of the molecule is COc1ccc2c(=O)n(CC3CCN(S(=O)(=O)c4ccccc4F)CC3)cnc2c1. The number of piperidine rings is 1. The highest BCUT2D eigenvalue weighted by Gasteiger charge is 2.31. The van der Waals surface area contributed by atoms with E-state index in [1.54, 1.807) is 29.9 Å². The maximum atomic E-state index is 14.0. The number of halogens is 1. The summed E-state index contributed by atoms with van der Waals surface area (Å²) in [5, 5.41) is 0.512. The van der Waals surface area contributed by atoms with Gasteiger partial charge >= 0.3 is 0 Å². The van der Waals surface area contributed by atoms with E-state index >= 15 is 0 Å². The molecule has 30 heavy (non-hydrogen) atoms. The number of fused-ring (bicyclic) bond motifs is 1. The summed E-state index contributed by atoms with van der Waals surface area (Å²) in [6.45, 7) is 1.03. The summed E-state index contributed by atoms with van der Waals surface area (Å²) >= 11 is 0. The second-order valence-corrected chi connectivity index (χ2v) is 9.27. The average molecular weight is 431 g/mol. The van der Waals surface area contributed by atoms with E-state index in [0.29, 0.717) is 36.0 Å². The van der Waals surface area contributed by atoms with Gasteiger partial charge in [-0.05, 0) is 43.0 Å². The zero-order valence-corrected chi connectivity index (χ0v) is 17.3. The number of sulfonamides is 1. The van der Waals surface area contributed by atoms with Gasteiger partial charge in [-0.3, -0.25) is 9.36 Å². The normalized spacial score (nSPS) is 16.1. The lowest BCUT2D eigenvalue weighted by atomic mass is 9.98. The van der Waals surface area contributed by atoms with Gasteiger partial charge in [0.25, 0.3) is 5.56 Å². The van der Waals surface area contributed by atoms with Gasteiger partial charge < -0.3 is 4.74 Å². The second kappa shape index (κ2) is 8.16. The van der Waals surface area contributed by atoms with Gasteiger partial charge in [0.15, 0.2) is 0 Å². The van der Waals surface area contributed by atoms with Crippen LogP contribution in [0.3, 0.4) is 0 Å². The van der Waals surface area contributed by atoms with Crippen molar-refractivity contribution in [2.24, 2.45) is 5.92 Å². The quantitative estimate of drug-likeness (QED) is 0.620. The van der Waals surface area contributed by atoms with E-state index in [0.717, 1.165) is 6.07 Å². The molecular formula is C21H22FN3O4S. The summed E-state index contributed by atoms with van der Waals surface area (Å²) in [6.07, 6.45) is 2.69. The zero-order valence-electron chi connectivity index (χ0n) is 16.5. The molecule has 0 bridgehead atoms. The molecule has 1 aliphatic rings. The molecule has 1 fully saturated rings. The zero-order chi connectivity index (χ0) is 21.3. The largest absolute Gasteiger partial charge is 0.497 e. The molecule has 1 aromatic heterocycles. The van der Waals surface area contributed by atoms with Gasteiger partial charge in [-0.2, -0.15) is 4.31 Å². The Hall–Kier alpha value is -2.78. The highest BCUT2D eigenvalue weighted by molar-refractivity contribution is 7.89. The third-order valence-electron chi connectivity index (χ3n) is 5.52. The number of aromatic nitrogens is 2. The highest BCUT2D eigenvalue weighted by Crippen LogP contribution is 2.26. The van der Waals surface area contributed by atoms with Crippen LogP contribution in [0.1, 0.15) is 12.8 Å². The lowest BCUT2D eigenvalue weighted by Crippen LogP contribution is -2.40. The lowest BCUT2D eigenvalue weighted by Gasteiger charge is -2.31. The minimum absolute atomic E-state index is 0.132. The molecule has 0 radical (unpaired) electrons. The Morgan fingerprint density at radius 3 is 2.60 bits per heavy atom. The summed E-state index contributed by atoms with van der Waals surface area (Å²) in [4.78, 5) is 16.8. The van der Waals surface area contributed by atoms with Crippen molar-refractivity contribution in [2.75, 3.05) is 20.2 Å². The molecular weight excluding hydrogens is 409 g/mol. The molecule has 0 aliphatic carbocycles. The Morgan fingerprint density at radius 2 is 1.90 bits per heavy atom. The van der Waals surface area contributed by atoms with Crippen LogP contribution in [-0.2, 0) is 16.6 Å². The fourth-order valence-electron chi connectivity index (χ4n) is 3.80. The molecule has 0 amide bonds. The van der Waals surface area contributed by atoms with Crippen molar-refractivity contribution in [3.05, 3.63) is 65.0 Å². The molecule has 1 saturated heterocycles.